The summed E-state index contributed by atoms with van der Waals surface area (Å²) in [6.07, 6.45) is 7.27. The monoisotopic (exact) mass is 240 g/mol. The normalized spacial score (nSPS) is 29.9. The molecular weight excluding hydrogens is 216 g/mol. The molecule has 0 saturated heterocycles. The molecule has 0 aromatic heterocycles. The van der Waals surface area contributed by atoms with Gasteiger partial charge in [-0.15, -0.1) is 0 Å². The molecule has 0 radical (unpaired) electrons. The third-order valence-corrected chi connectivity index (χ3v) is 4.12. The van der Waals surface area contributed by atoms with Gasteiger partial charge in [-0.1, -0.05) is 12.8 Å². The van der Waals surface area contributed by atoms with Crippen molar-refractivity contribution in [3.63, 3.8) is 0 Å². The smallest absolute Gasteiger partial charge is 0.317 e. The maximum Gasteiger partial charge on any atom is 0.317 e. The van der Waals surface area contributed by atoms with Gasteiger partial charge in [0.25, 0.3) is 0 Å². The molecule has 2 aliphatic rings. The van der Waals surface area contributed by atoms with Crippen LogP contribution in [0.25, 0.3) is 0 Å². The molecule has 98 valence electrons. The Morgan fingerprint density at radius 2 is 1.71 bits per heavy atom. The van der Waals surface area contributed by atoms with Gasteiger partial charge < -0.3 is 10.0 Å². The lowest BCUT2D eigenvalue weighted by Crippen LogP contribution is -2.53. The van der Waals surface area contributed by atoms with Gasteiger partial charge in [-0.3, -0.25) is 9.69 Å². The SMILES string of the molecule is CN(C)C1CCCCC1N(CC(=O)O)C1CC1. The second-order valence-corrected chi connectivity index (χ2v) is 5.68. The van der Waals surface area contributed by atoms with Crippen LogP contribution in [0.2, 0.25) is 0 Å². The molecule has 0 aromatic carbocycles. The van der Waals surface area contributed by atoms with Crippen LogP contribution in [-0.4, -0.2) is 59.6 Å². The van der Waals surface area contributed by atoms with Crippen LogP contribution in [0.5, 0.6) is 0 Å². The van der Waals surface area contributed by atoms with Crippen molar-refractivity contribution in [1.82, 2.24) is 9.80 Å². The van der Waals surface area contributed by atoms with Crippen molar-refractivity contribution in [2.24, 2.45) is 0 Å². The molecule has 2 fully saturated rings. The van der Waals surface area contributed by atoms with Gasteiger partial charge in [-0.05, 0) is 39.8 Å². The molecule has 0 bridgehead atoms. The van der Waals surface area contributed by atoms with E-state index in [2.05, 4.69) is 23.9 Å². The van der Waals surface area contributed by atoms with Gasteiger partial charge in [-0.2, -0.15) is 0 Å². The molecule has 0 aliphatic heterocycles. The lowest BCUT2D eigenvalue weighted by molar-refractivity contribution is -0.139. The largest absolute Gasteiger partial charge is 0.480 e. The quantitative estimate of drug-likeness (QED) is 0.789. The van der Waals surface area contributed by atoms with Crippen molar-refractivity contribution in [3.05, 3.63) is 0 Å². The number of hydrogen-bond acceptors (Lipinski definition) is 3. The van der Waals surface area contributed by atoms with Gasteiger partial charge >= 0.3 is 5.97 Å². The van der Waals surface area contributed by atoms with E-state index in [0.29, 0.717) is 18.1 Å². The summed E-state index contributed by atoms with van der Waals surface area (Å²) in [5, 5.41) is 9.06. The molecule has 17 heavy (non-hydrogen) atoms. The first-order chi connectivity index (χ1) is 8.09. The van der Waals surface area contributed by atoms with Crippen LogP contribution in [-0.2, 0) is 4.79 Å². The Bertz CT molecular complexity index is 277. The Labute approximate surface area is 104 Å². The minimum Gasteiger partial charge on any atom is -0.480 e. The van der Waals surface area contributed by atoms with E-state index in [1.54, 1.807) is 0 Å². The number of likely N-dealkylation sites (N-methyl/N-ethyl adjacent to an activating group) is 1. The lowest BCUT2D eigenvalue weighted by Gasteiger charge is -2.42. The van der Waals surface area contributed by atoms with Crippen molar-refractivity contribution in [3.8, 4) is 0 Å². The van der Waals surface area contributed by atoms with E-state index in [-0.39, 0.29) is 6.54 Å². The maximum absolute atomic E-state index is 11.0. The maximum atomic E-state index is 11.0. The standard InChI is InChI=1S/C13H24N2O2/c1-14(2)11-5-3-4-6-12(11)15(9-13(16)17)10-7-8-10/h10-12H,3-9H2,1-2H3,(H,16,17). The van der Waals surface area contributed by atoms with Crippen LogP contribution in [0.1, 0.15) is 38.5 Å². The van der Waals surface area contributed by atoms with E-state index in [1.165, 1.54) is 32.1 Å². The molecular formula is C13H24N2O2. The molecule has 0 heterocycles. The van der Waals surface area contributed by atoms with Crippen LogP contribution in [0.4, 0.5) is 0 Å². The average Bonchev–Trinajstić information content (AvgIpc) is 3.09. The van der Waals surface area contributed by atoms with Crippen molar-refractivity contribution < 1.29 is 9.90 Å². The zero-order valence-corrected chi connectivity index (χ0v) is 10.9. The Morgan fingerprint density at radius 3 is 2.18 bits per heavy atom. The van der Waals surface area contributed by atoms with E-state index in [9.17, 15) is 4.79 Å². The fraction of sp³-hybridized carbons (Fsp3) is 0.923. The van der Waals surface area contributed by atoms with E-state index in [0.717, 1.165) is 6.42 Å². The van der Waals surface area contributed by atoms with Crippen LogP contribution < -0.4 is 0 Å². The van der Waals surface area contributed by atoms with Gasteiger partial charge in [-0.25, -0.2) is 0 Å². The number of carbonyl (C=O) groups is 1. The number of hydrogen-bond donors (Lipinski definition) is 1. The first kappa shape index (κ1) is 12.8. The van der Waals surface area contributed by atoms with Gasteiger partial charge in [0.15, 0.2) is 0 Å². The van der Waals surface area contributed by atoms with Crippen molar-refractivity contribution in [2.45, 2.75) is 56.7 Å². The average molecular weight is 240 g/mol. The first-order valence-corrected chi connectivity index (χ1v) is 6.73. The fourth-order valence-corrected chi connectivity index (χ4v) is 3.16. The van der Waals surface area contributed by atoms with Crippen LogP contribution in [0.3, 0.4) is 0 Å². The summed E-state index contributed by atoms with van der Waals surface area (Å²) in [5.41, 5.74) is 0. The van der Waals surface area contributed by atoms with Crippen LogP contribution in [0, 0.1) is 0 Å². The third kappa shape index (κ3) is 3.19. The van der Waals surface area contributed by atoms with E-state index in [1.807, 2.05) is 0 Å². The molecule has 0 amide bonds. The summed E-state index contributed by atoms with van der Waals surface area (Å²) in [4.78, 5) is 15.5. The zero-order chi connectivity index (χ0) is 12.4. The molecule has 2 saturated carbocycles. The summed E-state index contributed by atoms with van der Waals surface area (Å²) >= 11 is 0. The Hall–Kier alpha value is -0.610. The highest BCUT2D eigenvalue weighted by molar-refractivity contribution is 5.69. The molecule has 4 heteroatoms. The summed E-state index contributed by atoms with van der Waals surface area (Å²) in [7, 11) is 4.24. The van der Waals surface area contributed by atoms with E-state index < -0.39 is 5.97 Å². The first-order valence-electron chi connectivity index (χ1n) is 6.73. The van der Waals surface area contributed by atoms with Gasteiger partial charge in [0, 0.05) is 18.1 Å². The molecule has 2 aliphatic carbocycles. The van der Waals surface area contributed by atoms with Gasteiger partial charge in [0.05, 0.1) is 6.54 Å². The van der Waals surface area contributed by atoms with Gasteiger partial charge in [0.1, 0.15) is 0 Å². The topological polar surface area (TPSA) is 43.8 Å². The Morgan fingerprint density at radius 1 is 1.12 bits per heavy atom. The minimum absolute atomic E-state index is 0.222. The van der Waals surface area contributed by atoms with E-state index in [4.69, 9.17) is 5.11 Å². The summed E-state index contributed by atoms with van der Waals surface area (Å²) < 4.78 is 0. The molecule has 1 N–H and O–H groups in total. The summed E-state index contributed by atoms with van der Waals surface area (Å²) in [5.74, 6) is -0.681. The predicted molar refractivity (Wildman–Crippen MR) is 67.1 cm³/mol. The van der Waals surface area contributed by atoms with E-state index >= 15 is 0 Å². The molecule has 4 nitrogen and oxygen atoms in total. The number of carboxylic acid groups (broad SMARTS) is 1. The fourth-order valence-electron chi connectivity index (χ4n) is 3.16. The highest BCUT2D eigenvalue weighted by Gasteiger charge is 2.39. The number of rotatable bonds is 5. The second-order valence-electron chi connectivity index (χ2n) is 5.68. The number of nitrogens with zero attached hydrogens (tertiary/aromatic N) is 2. The minimum atomic E-state index is -0.681. The molecule has 2 atom stereocenters. The zero-order valence-electron chi connectivity index (χ0n) is 10.9. The van der Waals surface area contributed by atoms with Crippen molar-refractivity contribution in [2.75, 3.05) is 20.6 Å². The highest BCUT2D eigenvalue weighted by Crippen LogP contribution is 2.34. The Kier molecular flexibility index (Phi) is 4.05. The van der Waals surface area contributed by atoms with Crippen molar-refractivity contribution in [1.29, 1.82) is 0 Å². The molecule has 0 spiro atoms. The predicted octanol–water partition coefficient (Wildman–Crippen LogP) is 1.41. The third-order valence-electron chi connectivity index (χ3n) is 4.12. The second kappa shape index (κ2) is 5.36. The molecule has 0 aromatic rings. The van der Waals surface area contributed by atoms with Crippen LogP contribution in [0.15, 0.2) is 0 Å². The Balaban J connectivity index is 2.06. The highest BCUT2D eigenvalue weighted by atomic mass is 16.4. The van der Waals surface area contributed by atoms with Gasteiger partial charge in [0.2, 0.25) is 0 Å². The van der Waals surface area contributed by atoms with Crippen LogP contribution >= 0.6 is 0 Å². The van der Waals surface area contributed by atoms with Crippen molar-refractivity contribution >= 4 is 5.97 Å². The molecule has 2 rings (SSSR count). The summed E-state index contributed by atoms with van der Waals surface area (Å²) in [6, 6.07) is 1.52. The number of carboxylic acids is 1. The molecule has 2 unspecified atom stereocenters. The number of aliphatic carboxylic acids is 1. The summed E-state index contributed by atoms with van der Waals surface area (Å²) in [6.45, 7) is 0.222. The lowest BCUT2D eigenvalue weighted by atomic mass is 9.88.